The third kappa shape index (κ3) is 2.28. The van der Waals surface area contributed by atoms with Crippen molar-refractivity contribution in [1.82, 2.24) is 9.78 Å². The van der Waals surface area contributed by atoms with Gasteiger partial charge >= 0.3 is 0 Å². The van der Waals surface area contributed by atoms with Gasteiger partial charge in [0.2, 0.25) is 0 Å². The van der Waals surface area contributed by atoms with Crippen molar-refractivity contribution in [2.24, 2.45) is 7.05 Å². The number of benzene rings is 1. The Labute approximate surface area is 109 Å². The summed E-state index contributed by atoms with van der Waals surface area (Å²) >= 11 is 3.52. The number of nitrogens with zero attached hydrogens (tertiary/aromatic N) is 2. The third-order valence-electron chi connectivity index (χ3n) is 2.84. The van der Waals surface area contributed by atoms with Crippen LogP contribution >= 0.6 is 15.9 Å². The van der Waals surface area contributed by atoms with Crippen molar-refractivity contribution < 1.29 is 5.11 Å². The van der Waals surface area contributed by atoms with Crippen molar-refractivity contribution in [2.45, 2.75) is 19.4 Å². The molecule has 1 aromatic heterocycles. The summed E-state index contributed by atoms with van der Waals surface area (Å²) in [5, 5.41) is 14.7. The Hall–Kier alpha value is -1.13. The van der Waals surface area contributed by atoms with Crippen LogP contribution in [-0.4, -0.2) is 14.9 Å². The van der Waals surface area contributed by atoms with Crippen LogP contribution in [0, 0.1) is 0 Å². The van der Waals surface area contributed by atoms with Crippen LogP contribution in [-0.2, 0) is 13.5 Å². The van der Waals surface area contributed by atoms with Gasteiger partial charge < -0.3 is 5.11 Å². The van der Waals surface area contributed by atoms with Gasteiger partial charge in [0.1, 0.15) is 11.8 Å². The highest BCUT2D eigenvalue weighted by atomic mass is 79.9. The largest absolute Gasteiger partial charge is 0.382 e. The molecule has 0 fully saturated rings. The average molecular weight is 295 g/mol. The van der Waals surface area contributed by atoms with Crippen LogP contribution in [0.2, 0.25) is 0 Å². The Morgan fingerprint density at radius 1 is 1.35 bits per heavy atom. The van der Waals surface area contributed by atoms with E-state index in [9.17, 15) is 5.11 Å². The van der Waals surface area contributed by atoms with E-state index in [0.29, 0.717) is 5.69 Å². The molecular formula is C13H15BrN2O. The van der Waals surface area contributed by atoms with E-state index in [4.69, 9.17) is 0 Å². The van der Waals surface area contributed by atoms with Crippen LogP contribution < -0.4 is 0 Å². The lowest BCUT2D eigenvalue weighted by Crippen LogP contribution is -2.02. The van der Waals surface area contributed by atoms with E-state index in [0.717, 1.165) is 22.2 Å². The maximum atomic E-state index is 10.3. The lowest BCUT2D eigenvalue weighted by molar-refractivity contribution is 0.213. The molecule has 1 heterocycles. The normalized spacial score (nSPS) is 12.7. The van der Waals surface area contributed by atoms with Gasteiger partial charge in [-0.2, -0.15) is 5.10 Å². The molecule has 0 aliphatic carbocycles. The molecule has 0 radical (unpaired) electrons. The summed E-state index contributed by atoms with van der Waals surface area (Å²) in [7, 11) is 1.89. The molecule has 90 valence electrons. The third-order valence-corrected chi connectivity index (χ3v) is 3.70. The fourth-order valence-electron chi connectivity index (χ4n) is 1.91. The molecule has 1 N–H and O–H groups in total. The molecule has 1 aromatic carbocycles. The summed E-state index contributed by atoms with van der Waals surface area (Å²) < 4.78 is 2.71. The SMILES string of the molecule is CCc1c(Br)c(C(O)c2ccccc2)nn1C. The minimum absolute atomic E-state index is 0.676. The van der Waals surface area contributed by atoms with Gasteiger partial charge in [-0.3, -0.25) is 4.68 Å². The summed E-state index contributed by atoms with van der Waals surface area (Å²) in [6.07, 6.45) is 0.197. The van der Waals surface area contributed by atoms with Crippen molar-refractivity contribution in [3.63, 3.8) is 0 Å². The molecule has 0 bridgehead atoms. The molecule has 0 aliphatic rings. The van der Waals surface area contributed by atoms with Gasteiger partial charge in [0.15, 0.2) is 0 Å². The zero-order valence-electron chi connectivity index (χ0n) is 9.89. The molecule has 2 rings (SSSR count). The smallest absolute Gasteiger partial charge is 0.124 e. The minimum atomic E-state index is -0.683. The number of hydrogen-bond acceptors (Lipinski definition) is 2. The lowest BCUT2D eigenvalue weighted by atomic mass is 10.1. The van der Waals surface area contributed by atoms with Crippen LogP contribution in [0.25, 0.3) is 0 Å². The number of aryl methyl sites for hydroxylation is 1. The molecule has 0 saturated carbocycles. The van der Waals surface area contributed by atoms with Crippen LogP contribution in [0.1, 0.15) is 30.0 Å². The first-order valence-corrected chi connectivity index (χ1v) is 6.38. The van der Waals surface area contributed by atoms with Gasteiger partial charge in [-0.1, -0.05) is 37.3 Å². The van der Waals surface area contributed by atoms with Gasteiger partial charge in [0, 0.05) is 7.05 Å². The Kier molecular flexibility index (Phi) is 3.64. The quantitative estimate of drug-likeness (QED) is 0.945. The van der Waals surface area contributed by atoms with E-state index < -0.39 is 6.10 Å². The second kappa shape index (κ2) is 5.02. The van der Waals surface area contributed by atoms with Gasteiger partial charge in [0.25, 0.3) is 0 Å². The number of aliphatic hydroxyl groups excluding tert-OH is 1. The van der Waals surface area contributed by atoms with Crippen molar-refractivity contribution in [1.29, 1.82) is 0 Å². The Morgan fingerprint density at radius 3 is 2.53 bits per heavy atom. The molecule has 0 saturated heterocycles. The van der Waals surface area contributed by atoms with Gasteiger partial charge in [-0.15, -0.1) is 0 Å². The van der Waals surface area contributed by atoms with Crippen LogP contribution in [0.5, 0.6) is 0 Å². The zero-order valence-corrected chi connectivity index (χ0v) is 11.5. The number of halogens is 1. The summed E-state index contributed by atoms with van der Waals surface area (Å²) in [5.74, 6) is 0. The molecule has 1 atom stereocenters. The highest BCUT2D eigenvalue weighted by Gasteiger charge is 2.20. The first-order valence-electron chi connectivity index (χ1n) is 5.59. The maximum Gasteiger partial charge on any atom is 0.124 e. The fourth-order valence-corrected chi connectivity index (χ4v) is 2.74. The van der Waals surface area contributed by atoms with E-state index >= 15 is 0 Å². The summed E-state index contributed by atoms with van der Waals surface area (Å²) in [6.45, 7) is 2.07. The van der Waals surface area contributed by atoms with E-state index in [1.54, 1.807) is 0 Å². The highest BCUT2D eigenvalue weighted by molar-refractivity contribution is 9.10. The van der Waals surface area contributed by atoms with E-state index in [2.05, 4.69) is 28.0 Å². The summed E-state index contributed by atoms with van der Waals surface area (Å²) in [5.41, 5.74) is 2.62. The lowest BCUT2D eigenvalue weighted by Gasteiger charge is -2.08. The van der Waals surface area contributed by atoms with Crippen molar-refractivity contribution in [2.75, 3.05) is 0 Å². The summed E-state index contributed by atoms with van der Waals surface area (Å²) in [6, 6.07) is 9.56. The van der Waals surface area contributed by atoms with Gasteiger partial charge in [-0.05, 0) is 27.9 Å². The second-order valence-corrected chi connectivity index (χ2v) is 4.73. The Balaban J connectivity index is 2.41. The molecule has 1 unspecified atom stereocenters. The van der Waals surface area contributed by atoms with Crippen LogP contribution in [0.3, 0.4) is 0 Å². The van der Waals surface area contributed by atoms with Crippen molar-refractivity contribution >= 4 is 15.9 Å². The van der Waals surface area contributed by atoms with Crippen molar-refractivity contribution in [3.05, 3.63) is 51.8 Å². The molecular weight excluding hydrogens is 280 g/mol. The molecule has 4 heteroatoms. The average Bonchev–Trinajstić information content (AvgIpc) is 2.64. The van der Waals surface area contributed by atoms with Gasteiger partial charge in [-0.25, -0.2) is 0 Å². The molecule has 0 amide bonds. The van der Waals surface area contributed by atoms with Crippen LogP contribution in [0.15, 0.2) is 34.8 Å². The minimum Gasteiger partial charge on any atom is -0.382 e. The predicted octanol–water partition coefficient (Wildman–Crippen LogP) is 2.83. The molecule has 17 heavy (non-hydrogen) atoms. The predicted molar refractivity (Wildman–Crippen MR) is 70.8 cm³/mol. The van der Waals surface area contributed by atoms with Crippen molar-refractivity contribution in [3.8, 4) is 0 Å². The molecule has 2 aromatic rings. The van der Waals surface area contributed by atoms with E-state index in [-0.39, 0.29) is 0 Å². The number of rotatable bonds is 3. The highest BCUT2D eigenvalue weighted by Crippen LogP contribution is 2.30. The van der Waals surface area contributed by atoms with E-state index in [1.807, 2.05) is 42.1 Å². The maximum absolute atomic E-state index is 10.3. The number of aliphatic hydroxyl groups is 1. The fraction of sp³-hybridized carbons (Fsp3) is 0.308. The first kappa shape index (κ1) is 12.3. The van der Waals surface area contributed by atoms with Crippen LogP contribution in [0.4, 0.5) is 0 Å². The number of hydrogen-bond donors (Lipinski definition) is 1. The molecule has 0 spiro atoms. The topological polar surface area (TPSA) is 38.1 Å². The Morgan fingerprint density at radius 2 is 2.00 bits per heavy atom. The number of aromatic nitrogens is 2. The summed E-state index contributed by atoms with van der Waals surface area (Å²) in [4.78, 5) is 0. The van der Waals surface area contributed by atoms with E-state index in [1.165, 1.54) is 0 Å². The first-order chi connectivity index (χ1) is 8.15. The zero-order chi connectivity index (χ0) is 12.4. The Bertz CT molecular complexity index is 508. The van der Waals surface area contributed by atoms with Gasteiger partial charge in [0.05, 0.1) is 10.2 Å². The standard InChI is InChI=1S/C13H15BrN2O/c1-3-10-11(14)12(15-16(10)2)13(17)9-7-5-4-6-8-9/h4-8,13,17H,3H2,1-2H3. The monoisotopic (exact) mass is 294 g/mol. The molecule has 3 nitrogen and oxygen atoms in total. The molecule has 0 aliphatic heterocycles. The second-order valence-electron chi connectivity index (χ2n) is 3.94.